The Labute approximate surface area is 138 Å². The highest BCUT2D eigenvalue weighted by atomic mass is 15.1. The Balaban J connectivity index is 2.02. The average molecular weight is 307 g/mol. The summed E-state index contributed by atoms with van der Waals surface area (Å²) >= 11 is 0. The van der Waals surface area contributed by atoms with Gasteiger partial charge in [-0.1, -0.05) is 44.0 Å². The van der Waals surface area contributed by atoms with E-state index in [2.05, 4.69) is 67.0 Å². The standard InChI is InChI=1S/C20H25N3/c1-4-5-6-12-17-20(23-14-8-7-13-18(23)21-17)22-19-15(2)10-9-11-16(19)3/h7-11,13-14,22H,4-6,12H2,1-3H3. The minimum absolute atomic E-state index is 1.01. The van der Waals surface area contributed by atoms with Gasteiger partial charge in [-0.15, -0.1) is 0 Å². The number of benzene rings is 1. The number of para-hydroxylation sites is 1. The van der Waals surface area contributed by atoms with Gasteiger partial charge in [0.15, 0.2) is 0 Å². The zero-order chi connectivity index (χ0) is 16.2. The van der Waals surface area contributed by atoms with Crippen LogP contribution < -0.4 is 5.32 Å². The number of pyridine rings is 1. The third-order valence-electron chi connectivity index (χ3n) is 4.34. The van der Waals surface area contributed by atoms with E-state index in [1.165, 1.54) is 36.1 Å². The SMILES string of the molecule is CCCCCc1nc2ccccn2c1Nc1c(C)cccc1C. The van der Waals surface area contributed by atoms with Gasteiger partial charge in [-0.3, -0.25) is 4.40 Å². The highest BCUT2D eigenvalue weighted by Crippen LogP contribution is 2.28. The van der Waals surface area contributed by atoms with Crippen molar-refractivity contribution in [1.29, 1.82) is 0 Å². The van der Waals surface area contributed by atoms with Gasteiger partial charge < -0.3 is 5.32 Å². The molecule has 120 valence electrons. The largest absolute Gasteiger partial charge is 0.339 e. The summed E-state index contributed by atoms with van der Waals surface area (Å²) in [6, 6.07) is 12.6. The summed E-state index contributed by atoms with van der Waals surface area (Å²) in [5.74, 6) is 1.11. The van der Waals surface area contributed by atoms with Crippen molar-refractivity contribution < 1.29 is 0 Å². The molecule has 0 amide bonds. The van der Waals surface area contributed by atoms with Crippen LogP contribution in [0.1, 0.15) is 43.0 Å². The Bertz CT molecular complexity index is 782. The quantitative estimate of drug-likeness (QED) is 0.615. The average Bonchev–Trinajstić information content (AvgIpc) is 2.89. The summed E-state index contributed by atoms with van der Waals surface area (Å²) in [5.41, 5.74) is 5.88. The minimum Gasteiger partial charge on any atom is -0.339 e. The van der Waals surface area contributed by atoms with Crippen molar-refractivity contribution >= 4 is 17.2 Å². The van der Waals surface area contributed by atoms with Crippen molar-refractivity contribution in [1.82, 2.24) is 9.38 Å². The molecule has 0 bridgehead atoms. The lowest BCUT2D eigenvalue weighted by molar-refractivity contribution is 0.710. The maximum absolute atomic E-state index is 4.84. The first-order valence-electron chi connectivity index (χ1n) is 8.50. The first kappa shape index (κ1) is 15.6. The van der Waals surface area contributed by atoms with Crippen molar-refractivity contribution in [2.75, 3.05) is 5.32 Å². The van der Waals surface area contributed by atoms with Gasteiger partial charge in [0, 0.05) is 11.9 Å². The number of hydrogen-bond acceptors (Lipinski definition) is 2. The first-order valence-corrected chi connectivity index (χ1v) is 8.50. The Kier molecular flexibility index (Phi) is 4.65. The predicted octanol–water partition coefficient (Wildman–Crippen LogP) is 5.43. The van der Waals surface area contributed by atoms with E-state index in [9.17, 15) is 0 Å². The zero-order valence-electron chi connectivity index (χ0n) is 14.3. The molecule has 23 heavy (non-hydrogen) atoms. The Hall–Kier alpha value is -2.29. The van der Waals surface area contributed by atoms with Crippen LogP contribution in [0.15, 0.2) is 42.6 Å². The molecular weight excluding hydrogens is 282 g/mol. The van der Waals surface area contributed by atoms with Crippen molar-refractivity contribution in [3.63, 3.8) is 0 Å². The second-order valence-corrected chi connectivity index (χ2v) is 6.18. The molecule has 0 unspecified atom stereocenters. The molecular formula is C20H25N3. The lowest BCUT2D eigenvalue weighted by Gasteiger charge is -2.14. The molecule has 0 atom stereocenters. The number of hydrogen-bond donors (Lipinski definition) is 1. The monoisotopic (exact) mass is 307 g/mol. The summed E-state index contributed by atoms with van der Waals surface area (Å²) < 4.78 is 2.16. The Morgan fingerprint density at radius 3 is 2.52 bits per heavy atom. The van der Waals surface area contributed by atoms with Crippen LogP contribution >= 0.6 is 0 Å². The van der Waals surface area contributed by atoms with Gasteiger partial charge in [0.2, 0.25) is 0 Å². The molecule has 3 rings (SSSR count). The van der Waals surface area contributed by atoms with Gasteiger partial charge in [-0.2, -0.15) is 0 Å². The molecule has 0 radical (unpaired) electrons. The highest BCUT2D eigenvalue weighted by molar-refractivity contribution is 5.68. The summed E-state index contributed by atoms with van der Waals surface area (Å²) in [4.78, 5) is 4.84. The van der Waals surface area contributed by atoms with Crippen LogP contribution in [0.5, 0.6) is 0 Å². The molecule has 1 N–H and O–H groups in total. The smallest absolute Gasteiger partial charge is 0.138 e. The summed E-state index contributed by atoms with van der Waals surface area (Å²) in [5, 5.41) is 3.66. The molecule has 1 aromatic carbocycles. The topological polar surface area (TPSA) is 29.3 Å². The van der Waals surface area contributed by atoms with Crippen LogP contribution in [0.25, 0.3) is 5.65 Å². The third-order valence-corrected chi connectivity index (χ3v) is 4.34. The zero-order valence-corrected chi connectivity index (χ0v) is 14.3. The van der Waals surface area contributed by atoms with Gasteiger partial charge in [-0.05, 0) is 49.9 Å². The van der Waals surface area contributed by atoms with Crippen LogP contribution in [0, 0.1) is 13.8 Å². The summed E-state index contributed by atoms with van der Waals surface area (Å²) in [7, 11) is 0. The normalized spacial score (nSPS) is 11.1. The maximum Gasteiger partial charge on any atom is 0.138 e. The molecule has 0 aliphatic heterocycles. The van der Waals surface area contributed by atoms with E-state index in [0.717, 1.165) is 23.6 Å². The molecule has 3 aromatic rings. The number of aromatic nitrogens is 2. The predicted molar refractivity (Wildman–Crippen MR) is 97.6 cm³/mol. The van der Waals surface area contributed by atoms with Crippen LogP contribution in [0.2, 0.25) is 0 Å². The number of rotatable bonds is 6. The molecule has 0 spiro atoms. The minimum atomic E-state index is 1.01. The lowest BCUT2D eigenvalue weighted by atomic mass is 10.1. The summed E-state index contributed by atoms with van der Waals surface area (Å²) in [6.07, 6.45) is 6.76. The molecule has 3 nitrogen and oxygen atoms in total. The maximum atomic E-state index is 4.84. The first-order chi connectivity index (χ1) is 11.2. The van der Waals surface area contributed by atoms with E-state index in [4.69, 9.17) is 4.98 Å². The fourth-order valence-corrected chi connectivity index (χ4v) is 3.02. The molecule has 0 saturated carbocycles. The number of unbranched alkanes of at least 4 members (excludes halogenated alkanes) is 2. The van der Waals surface area contributed by atoms with Crippen molar-refractivity contribution in [2.24, 2.45) is 0 Å². The highest BCUT2D eigenvalue weighted by Gasteiger charge is 2.13. The molecule has 3 heteroatoms. The molecule has 0 aliphatic carbocycles. The second-order valence-electron chi connectivity index (χ2n) is 6.18. The lowest BCUT2D eigenvalue weighted by Crippen LogP contribution is -2.02. The van der Waals surface area contributed by atoms with Crippen molar-refractivity contribution in [3.8, 4) is 0 Å². The van der Waals surface area contributed by atoms with E-state index in [0.29, 0.717) is 0 Å². The number of imidazole rings is 1. The van der Waals surface area contributed by atoms with Gasteiger partial charge >= 0.3 is 0 Å². The second kappa shape index (κ2) is 6.86. The van der Waals surface area contributed by atoms with E-state index < -0.39 is 0 Å². The van der Waals surface area contributed by atoms with Crippen LogP contribution in [0.3, 0.4) is 0 Å². The molecule has 0 fully saturated rings. The third kappa shape index (κ3) is 3.24. The molecule has 0 saturated heterocycles. The fourth-order valence-electron chi connectivity index (χ4n) is 3.02. The molecule has 2 aromatic heterocycles. The van der Waals surface area contributed by atoms with Crippen molar-refractivity contribution in [3.05, 3.63) is 59.4 Å². The summed E-state index contributed by atoms with van der Waals surface area (Å²) in [6.45, 7) is 6.53. The Morgan fingerprint density at radius 1 is 1.00 bits per heavy atom. The number of fused-ring (bicyclic) bond motifs is 1. The van der Waals surface area contributed by atoms with Gasteiger partial charge in [-0.25, -0.2) is 4.98 Å². The van der Waals surface area contributed by atoms with Crippen LogP contribution in [-0.2, 0) is 6.42 Å². The van der Waals surface area contributed by atoms with Gasteiger partial charge in [0.05, 0.1) is 5.69 Å². The van der Waals surface area contributed by atoms with Crippen molar-refractivity contribution in [2.45, 2.75) is 46.5 Å². The molecule has 2 heterocycles. The van der Waals surface area contributed by atoms with Crippen LogP contribution in [0.4, 0.5) is 11.5 Å². The van der Waals surface area contributed by atoms with E-state index in [-0.39, 0.29) is 0 Å². The van der Waals surface area contributed by atoms with E-state index in [1.807, 2.05) is 6.07 Å². The number of nitrogens with zero attached hydrogens (tertiary/aromatic N) is 2. The Morgan fingerprint density at radius 2 is 1.78 bits per heavy atom. The number of nitrogens with one attached hydrogen (secondary N) is 1. The van der Waals surface area contributed by atoms with E-state index >= 15 is 0 Å². The van der Waals surface area contributed by atoms with E-state index in [1.54, 1.807) is 0 Å². The van der Waals surface area contributed by atoms with Gasteiger partial charge in [0.1, 0.15) is 11.5 Å². The number of anilines is 2. The fraction of sp³-hybridized carbons (Fsp3) is 0.350. The van der Waals surface area contributed by atoms with Crippen LogP contribution in [-0.4, -0.2) is 9.38 Å². The number of aryl methyl sites for hydroxylation is 3. The molecule has 0 aliphatic rings. The van der Waals surface area contributed by atoms with Gasteiger partial charge in [0.25, 0.3) is 0 Å².